The molecule has 1 aromatic rings. The van der Waals surface area contributed by atoms with Gasteiger partial charge in [0, 0.05) is 13.1 Å². The minimum atomic E-state index is -0.723. The van der Waals surface area contributed by atoms with Gasteiger partial charge in [-0.05, 0) is 57.2 Å². The predicted octanol–water partition coefficient (Wildman–Crippen LogP) is 2.18. The number of carbonyl (C=O) groups is 2. The number of amides is 1. The molecule has 0 aromatic heterocycles. The Morgan fingerprint density at radius 1 is 1.17 bits per heavy atom. The van der Waals surface area contributed by atoms with Gasteiger partial charge in [0.2, 0.25) is 5.91 Å². The summed E-state index contributed by atoms with van der Waals surface area (Å²) in [6.07, 6.45) is 1.22. The fraction of sp³-hybridized carbons (Fsp3) is 0.579. The SMILES string of the molecule is CCON1CCC2(CC1)NC(=O)C(c1c(C)cc(C)cc1C)C2=O. The molecular formula is C19H26N2O3. The Hall–Kier alpha value is -1.72. The quantitative estimate of drug-likeness (QED) is 0.863. The van der Waals surface area contributed by atoms with E-state index in [-0.39, 0.29) is 11.7 Å². The molecule has 1 amide bonds. The summed E-state index contributed by atoms with van der Waals surface area (Å²) < 4.78 is 0. The van der Waals surface area contributed by atoms with Crippen LogP contribution in [0.4, 0.5) is 0 Å². The van der Waals surface area contributed by atoms with Crippen molar-refractivity contribution in [3.8, 4) is 0 Å². The van der Waals surface area contributed by atoms with Gasteiger partial charge in [0.25, 0.3) is 0 Å². The van der Waals surface area contributed by atoms with E-state index in [2.05, 4.69) is 5.32 Å². The van der Waals surface area contributed by atoms with E-state index in [1.165, 1.54) is 0 Å². The summed E-state index contributed by atoms with van der Waals surface area (Å²) >= 11 is 0. The molecule has 130 valence electrons. The summed E-state index contributed by atoms with van der Waals surface area (Å²) in [5.41, 5.74) is 3.35. The Bertz CT molecular complexity index is 652. The zero-order valence-corrected chi connectivity index (χ0v) is 14.9. The lowest BCUT2D eigenvalue weighted by molar-refractivity contribution is -0.174. The van der Waals surface area contributed by atoms with Gasteiger partial charge in [0.05, 0.1) is 6.61 Å². The number of piperidine rings is 1. The fourth-order valence-electron chi connectivity index (χ4n) is 4.22. The summed E-state index contributed by atoms with van der Waals surface area (Å²) in [6.45, 7) is 9.91. The van der Waals surface area contributed by atoms with Crippen molar-refractivity contribution in [2.45, 2.75) is 52.0 Å². The van der Waals surface area contributed by atoms with Crippen LogP contribution in [-0.2, 0) is 14.4 Å². The number of ketones is 1. The smallest absolute Gasteiger partial charge is 0.235 e. The molecule has 5 nitrogen and oxygen atoms in total. The predicted molar refractivity (Wildman–Crippen MR) is 91.7 cm³/mol. The van der Waals surface area contributed by atoms with Crippen LogP contribution in [0.1, 0.15) is 47.9 Å². The number of nitrogens with zero attached hydrogens (tertiary/aromatic N) is 1. The first-order valence-corrected chi connectivity index (χ1v) is 8.70. The standard InChI is InChI=1S/C19H26N2O3/c1-5-24-21-8-6-19(7-9-21)17(22)16(18(23)20-19)15-13(3)10-12(2)11-14(15)4/h10-11,16H,5-9H2,1-4H3,(H,20,23). The van der Waals surface area contributed by atoms with Gasteiger partial charge in [-0.1, -0.05) is 17.7 Å². The van der Waals surface area contributed by atoms with Crippen LogP contribution in [0.2, 0.25) is 0 Å². The number of hydrogen-bond donors (Lipinski definition) is 1. The molecule has 2 fully saturated rings. The van der Waals surface area contributed by atoms with Gasteiger partial charge < -0.3 is 5.32 Å². The molecule has 2 saturated heterocycles. The molecule has 0 saturated carbocycles. The van der Waals surface area contributed by atoms with Gasteiger partial charge in [0.15, 0.2) is 5.78 Å². The topological polar surface area (TPSA) is 58.6 Å². The third-order valence-electron chi connectivity index (χ3n) is 5.27. The van der Waals surface area contributed by atoms with Crippen LogP contribution in [0.25, 0.3) is 0 Å². The lowest BCUT2D eigenvalue weighted by Crippen LogP contribution is -2.54. The van der Waals surface area contributed by atoms with Crippen molar-refractivity contribution in [1.29, 1.82) is 0 Å². The van der Waals surface area contributed by atoms with E-state index in [4.69, 9.17) is 4.84 Å². The maximum Gasteiger partial charge on any atom is 0.235 e. The van der Waals surface area contributed by atoms with Crippen molar-refractivity contribution in [1.82, 2.24) is 10.4 Å². The number of hydroxylamine groups is 2. The van der Waals surface area contributed by atoms with E-state index in [1.54, 1.807) is 0 Å². The van der Waals surface area contributed by atoms with Gasteiger partial charge >= 0.3 is 0 Å². The van der Waals surface area contributed by atoms with Crippen LogP contribution in [0.5, 0.6) is 0 Å². The highest BCUT2D eigenvalue weighted by molar-refractivity contribution is 6.17. The fourth-order valence-corrected chi connectivity index (χ4v) is 4.22. The lowest BCUT2D eigenvalue weighted by atomic mass is 9.79. The second-order valence-corrected chi connectivity index (χ2v) is 7.03. The molecule has 2 aliphatic rings. The average molecular weight is 330 g/mol. The molecule has 0 radical (unpaired) electrons. The number of rotatable bonds is 3. The highest BCUT2D eigenvalue weighted by atomic mass is 16.7. The van der Waals surface area contributed by atoms with E-state index in [9.17, 15) is 9.59 Å². The summed E-state index contributed by atoms with van der Waals surface area (Å²) in [6, 6.07) is 4.09. The third kappa shape index (κ3) is 2.76. The molecule has 1 aromatic carbocycles. The van der Waals surface area contributed by atoms with Crippen LogP contribution in [0.3, 0.4) is 0 Å². The lowest BCUT2D eigenvalue weighted by Gasteiger charge is -2.37. The van der Waals surface area contributed by atoms with E-state index in [1.807, 2.05) is 44.9 Å². The number of aryl methyl sites for hydroxylation is 3. The molecule has 3 rings (SSSR count). The highest BCUT2D eigenvalue weighted by Gasteiger charge is 2.54. The second kappa shape index (κ2) is 6.30. The van der Waals surface area contributed by atoms with Crippen LogP contribution in [0.15, 0.2) is 12.1 Å². The van der Waals surface area contributed by atoms with E-state index < -0.39 is 11.5 Å². The van der Waals surface area contributed by atoms with Crippen molar-refractivity contribution in [2.24, 2.45) is 0 Å². The summed E-state index contributed by atoms with van der Waals surface area (Å²) in [5, 5.41) is 4.92. The summed E-state index contributed by atoms with van der Waals surface area (Å²) in [7, 11) is 0. The van der Waals surface area contributed by atoms with E-state index in [0.29, 0.717) is 32.5 Å². The number of nitrogens with one attached hydrogen (secondary N) is 1. The first-order chi connectivity index (χ1) is 11.4. The zero-order chi connectivity index (χ0) is 17.5. The molecule has 24 heavy (non-hydrogen) atoms. The number of hydrogen-bond acceptors (Lipinski definition) is 4. The summed E-state index contributed by atoms with van der Waals surface area (Å²) in [5.74, 6) is -0.803. The zero-order valence-electron chi connectivity index (χ0n) is 14.9. The normalized spacial score (nSPS) is 23.8. The van der Waals surface area contributed by atoms with Crippen LogP contribution < -0.4 is 5.32 Å². The largest absolute Gasteiger partial charge is 0.343 e. The maximum absolute atomic E-state index is 13.2. The Kier molecular flexibility index (Phi) is 4.49. The van der Waals surface area contributed by atoms with E-state index >= 15 is 0 Å². The van der Waals surface area contributed by atoms with Crippen LogP contribution in [0, 0.1) is 20.8 Å². The molecular weight excluding hydrogens is 304 g/mol. The first kappa shape index (κ1) is 17.1. The molecule has 1 spiro atoms. The Morgan fingerprint density at radius 2 is 1.75 bits per heavy atom. The highest BCUT2D eigenvalue weighted by Crippen LogP contribution is 2.38. The summed E-state index contributed by atoms with van der Waals surface area (Å²) in [4.78, 5) is 31.4. The molecule has 0 aliphatic carbocycles. The molecule has 5 heteroatoms. The van der Waals surface area contributed by atoms with Gasteiger partial charge in [-0.25, -0.2) is 0 Å². The Labute approximate surface area is 143 Å². The molecule has 1 atom stereocenters. The molecule has 2 aliphatic heterocycles. The molecule has 1 unspecified atom stereocenters. The van der Waals surface area contributed by atoms with Crippen molar-refractivity contribution in [3.63, 3.8) is 0 Å². The number of benzene rings is 1. The Balaban J connectivity index is 1.88. The Morgan fingerprint density at radius 3 is 2.29 bits per heavy atom. The first-order valence-electron chi connectivity index (χ1n) is 8.70. The van der Waals surface area contributed by atoms with Gasteiger partial charge in [-0.15, -0.1) is 0 Å². The minimum Gasteiger partial charge on any atom is -0.343 e. The van der Waals surface area contributed by atoms with Gasteiger partial charge in [0.1, 0.15) is 11.5 Å². The third-order valence-corrected chi connectivity index (χ3v) is 5.27. The van der Waals surface area contributed by atoms with Crippen molar-refractivity contribution in [2.75, 3.05) is 19.7 Å². The number of carbonyl (C=O) groups excluding carboxylic acids is 2. The maximum atomic E-state index is 13.2. The average Bonchev–Trinajstić information content (AvgIpc) is 2.74. The van der Waals surface area contributed by atoms with Crippen LogP contribution in [-0.4, -0.2) is 42.0 Å². The van der Waals surface area contributed by atoms with E-state index in [0.717, 1.165) is 22.3 Å². The van der Waals surface area contributed by atoms with Gasteiger partial charge in [-0.2, -0.15) is 5.06 Å². The molecule has 1 N–H and O–H groups in total. The monoisotopic (exact) mass is 330 g/mol. The van der Waals surface area contributed by atoms with Crippen molar-refractivity contribution in [3.05, 3.63) is 34.4 Å². The number of Topliss-reactive ketones (excluding diaryl/α,β-unsaturated/α-hetero) is 1. The minimum absolute atomic E-state index is 0.0266. The van der Waals surface area contributed by atoms with Crippen molar-refractivity contribution < 1.29 is 14.4 Å². The molecule has 2 heterocycles. The van der Waals surface area contributed by atoms with Gasteiger partial charge in [-0.3, -0.25) is 14.4 Å². The van der Waals surface area contributed by atoms with Crippen LogP contribution >= 0.6 is 0 Å². The second-order valence-electron chi connectivity index (χ2n) is 7.03. The van der Waals surface area contributed by atoms with Crippen molar-refractivity contribution >= 4 is 11.7 Å². The molecule has 0 bridgehead atoms.